The van der Waals surface area contributed by atoms with Crippen molar-refractivity contribution in [3.8, 4) is 0 Å². The summed E-state index contributed by atoms with van der Waals surface area (Å²) in [6, 6.07) is 8.40. The molecule has 1 N–H and O–H groups in total. The zero-order valence-electron chi connectivity index (χ0n) is 6.46. The van der Waals surface area contributed by atoms with Crippen molar-refractivity contribution in [1.82, 2.24) is 0 Å². The van der Waals surface area contributed by atoms with Gasteiger partial charge in [0.2, 0.25) is 0 Å². The highest BCUT2D eigenvalue weighted by Crippen LogP contribution is 2.31. The van der Waals surface area contributed by atoms with Gasteiger partial charge in [0.05, 0.1) is 0 Å². The van der Waals surface area contributed by atoms with Gasteiger partial charge in [-0.1, -0.05) is 24.3 Å². The molecule has 1 aliphatic carbocycles. The Hall–Kier alpha value is -0.820. The molecule has 58 valence electrons. The molecule has 0 aromatic heterocycles. The number of aryl methyl sites for hydroxylation is 1. The van der Waals surface area contributed by atoms with Gasteiger partial charge in [0.1, 0.15) is 0 Å². The Balaban J connectivity index is 2.39. The average molecular weight is 148 g/mol. The Bertz CT molecular complexity index is 255. The third kappa shape index (κ3) is 1.05. The van der Waals surface area contributed by atoms with Crippen LogP contribution in [0, 0.1) is 0 Å². The van der Waals surface area contributed by atoms with E-state index in [1.165, 1.54) is 11.1 Å². The van der Waals surface area contributed by atoms with Crippen LogP contribution in [0.4, 0.5) is 0 Å². The third-order valence-electron chi connectivity index (χ3n) is 2.48. The van der Waals surface area contributed by atoms with E-state index in [1.807, 2.05) is 6.07 Å². The summed E-state index contributed by atoms with van der Waals surface area (Å²) in [5.74, 6) is 0.409. The Kier molecular flexibility index (Phi) is 1.66. The number of rotatable bonds is 1. The Morgan fingerprint density at radius 1 is 1.36 bits per heavy atom. The third-order valence-corrected chi connectivity index (χ3v) is 2.48. The lowest BCUT2D eigenvalue weighted by Gasteiger charge is -2.05. The molecule has 0 unspecified atom stereocenters. The van der Waals surface area contributed by atoms with Crippen molar-refractivity contribution in [3.05, 3.63) is 35.4 Å². The highest BCUT2D eigenvalue weighted by Gasteiger charge is 2.20. The fourth-order valence-corrected chi connectivity index (χ4v) is 1.84. The van der Waals surface area contributed by atoms with Gasteiger partial charge in [-0.2, -0.15) is 0 Å². The van der Waals surface area contributed by atoms with Crippen LogP contribution in [0.15, 0.2) is 24.3 Å². The van der Waals surface area contributed by atoms with Gasteiger partial charge in [0.15, 0.2) is 0 Å². The average Bonchev–Trinajstić information content (AvgIpc) is 2.47. The largest absolute Gasteiger partial charge is 0.396 e. The minimum Gasteiger partial charge on any atom is -0.396 e. The van der Waals surface area contributed by atoms with Crippen LogP contribution in [-0.4, -0.2) is 11.7 Å². The lowest BCUT2D eigenvalue weighted by Crippen LogP contribution is -1.97. The monoisotopic (exact) mass is 148 g/mol. The van der Waals surface area contributed by atoms with Crippen LogP contribution in [0.25, 0.3) is 0 Å². The first kappa shape index (κ1) is 6.86. The maximum Gasteiger partial charge on any atom is 0.0499 e. The molecule has 1 aromatic carbocycles. The molecule has 0 saturated heterocycles. The molecule has 0 saturated carbocycles. The molecule has 2 rings (SSSR count). The molecular formula is C10H12O. The van der Waals surface area contributed by atoms with Crippen LogP contribution in [0.2, 0.25) is 0 Å². The summed E-state index contributed by atoms with van der Waals surface area (Å²) in [5.41, 5.74) is 2.78. The van der Waals surface area contributed by atoms with E-state index >= 15 is 0 Å². The fraction of sp³-hybridized carbons (Fsp3) is 0.400. The highest BCUT2D eigenvalue weighted by atomic mass is 16.3. The van der Waals surface area contributed by atoms with Gasteiger partial charge in [0, 0.05) is 12.5 Å². The van der Waals surface area contributed by atoms with Crippen LogP contribution in [0.5, 0.6) is 0 Å². The summed E-state index contributed by atoms with van der Waals surface area (Å²) in [7, 11) is 0. The maximum atomic E-state index is 9.01. The van der Waals surface area contributed by atoms with E-state index in [1.54, 1.807) is 0 Å². The van der Waals surface area contributed by atoms with Crippen molar-refractivity contribution in [2.24, 2.45) is 0 Å². The number of fused-ring (bicyclic) bond motifs is 1. The minimum absolute atomic E-state index is 0.303. The Morgan fingerprint density at radius 2 is 2.18 bits per heavy atom. The van der Waals surface area contributed by atoms with Gasteiger partial charge in [-0.05, 0) is 24.0 Å². The molecular weight excluding hydrogens is 136 g/mol. The molecule has 0 radical (unpaired) electrons. The minimum atomic E-state index is 0.303. The van der Waals surface area contributed by atoms with Crippen LogP contribution < -0.4 is 0 Å². The summed E-state index contributed by atoms with van der Waals surface area (Å²) < 4.78 is 0. The van der Waals surface area contributed by atoms with Crippen LogP contribution in [0.3, 0.4) is 0 Å². The summed E-state index contributed by atoms with van der Waals surface area (Å²) in [4.78, 5) is 0. The molecule has 1 heteroatoms. The number of hydrogen-bond acceptors (Lipinski definition) is 1. The smallest absolute Gasteiger partial charge is 0.0499 e. The van der Waals surface area contributed by atoms with Crippen LogP contribution >= 0.6 is 0 Å². The molecule has 1 atom stereocenters. The molecule has 0 fully saturated rings. The zero-order chi connectivity index (χ0) is 7.68. The van der Waals surface area contributed by atoms with E-state index in [4.69, 9.17) is 5.11 Å². The SMILES string of the molecule is OC[C@@H]1CCc2ccccc21. The van der Waals surface area contributed by atoms with Crippen LogP contribution in [0.1, 0.15) is 23.5 Å². The van der Waals surface area contributed by atoms with Gasteiger partial charge in [-0.15, -0.1) is 0 Å². The van der Waals surface area contributed by atoms with E-state index in [-0.39, 0.29) is 0 Å². The van der Waals surface area contributed by atoms with Crippen molar-refractivity contribution in [1.29, 1.82) is 0 Å². The molecule has 1 aromatic rings. The standard InChI is InChI=1S/C10H12O/c11-7-9-6-5-8-3-1-2-4-10(8)9/h1-4,9,11H,5-7H2/t9-/m0/s1. The quantitative estimate of drug-likeness (QED) is 0.642. The number of benzene rings is 1. The molecule has 0 heterocycles. The molecule has 1 nitrogen and oxygen atoms in total. The summed E-state index contributed by atoms with van der Waals surface area (Å²) in [5, 5.41) is 9.01. The van der Waals surface area contributed by atoms with Gasteiger partial charge in [-0.3, -0.25) is 0 Å². The van der Waals surface area contributed by atoms with E-state index in [9.17, 15) is 0 Å². The van der Waals surface area contributed by atoms with E-state index in [0.29, 0.717) is 12.5 Å². The summed E-state index contributed by atoms with van der Waals surface area (Å²) in [6.07, 6.45) is 2.26. The van der Waals surface area contributed by atoms with E-state index in [2.05, 4.69) is 18.2 Å². The van der Waals surface area contributed by atoms with Crippen LogP contribution in [-0.2, 0) is 6.42 Å². The Labute approximate surface area is 66.7 Å². The van der Waals surface area contributed by atoms with Crippen molar-refractivity contribution in [3.63, 3.8) is 0 Å². The van der Waals surface area contributed by atoms with Gasteiger partial charge in [-0.25, -0.2) is 0 Å². The molecule has 1 aliphatic rings. The summed E-state index contributed by atoms with van der Waals surface area (Å²) >= 11 is 0. The highest BCUT2D eigenvalue weighted by molar-refractivity contribution is 5.34. The second-order valence-electron chi connectivity index (χ2n) is 3.12. The van der Waals surface area contributed by atoms with Crippen molar-refractivity contribution < 1.29 is 5.11 Å². The fourth-order valence-electron chi connectivity index (χ4n) is 1.84. The number of aliphatic hydroxyl groups excluding tert-OH is 1. The molecule has 0 bridgehead atoms. The number of hydrogen-bond donors (Lipinski definition) is 1. The predicted molar refractivity (Wildman–Crippen MR) is 44.6 cm³/mol. The topological polar surface area (TPSA) is 20.2 Å². The van der Waals surface area contributed by atoms with Gasteiger partial charge < -0.3 is 5.11 Å². The number of aliphatic hydroxyl groups is 1. The molecule has 11 heavy (non-hydrogen) atoms. The second kappa shape index (κ2) is 2.67. The zero-order valence-corrected chi connectivity index (χ0v) is 6.46. The lowest BCUT2D eigenvalue weighted by molar-refractivity contribution is 0.265. The van der Waals surface area contributed by atoms with Crippen molar-refractivity contribution >= 4 is 0 Å². The van der Waals surface area contributed by atoms with Crippen molar-refractivity contribution in [2.75, 3.05) is 6.61 Å². The molecule has 0 amide bonds. The Morgan fingerprint density at radius 3 is 3.00 bits per heavy atom. The first-order valence-corrected chi connectivity index (χ1v) is 4.10. The first-order valence-electron chi connectivity index (χ1n) is 4.10. The molecule has 0 aliphatic heterocycles. The maximum absolute atomic E-state index is 9.01. The van der Waals surface area contributed by atoms with Gasteiger partial charge >= 0.3 is 0 Å². The summed E-state index contributed by atoms with van der Waals surface area (Å²) in [6.45, 7) is 0.303. The van der Waals surface area contributed by atoms with E-state index in [0.717, 1.165) is 12.8 Å². The lowest BCUT2D eigenvalue weighted by atomic mass is 10.0. The van der Waals surface area contributed by atoms with Gasteiger partial charge in [0.25, 0.3) is 0 Å². The normalized spacial score (nSPS) is 21.7. The van der Waals surface area contributed by atoms with E-state index < -0.39 is 0 Å². The van der Waals surface area contributed by atoms with Crippen molar-refractivity contribution in [2.45, 2.75) is 18.8 Å². The molecule has 0 spiro atoms. The second-order valence-corrected chi connectivity index (χ2v) is 3.12. The predicted octanol–water partition coefficient (Wildman–Crippen LogP) is 1.71. The first-order chi connectivity index (χ1) is 5.42.